The number of aryl methyl sites for hydroxylation is 1. The lowest BCUT2D eigenvalue weighted by molar-refractivity contribution is 0.184. The molecular formula is C10H17NOS. The van der Waals surface area contributed by atoms with Gasteiger partial charge in [0.2, 0.25) is 0 Å². The molecular weight excluding hydrogens is 182 g/mol. The molecule has 1 unspecified atom stereocenters. The summed E-state index contributed by atoms with van der Waals surface area (Å²) in [6.07, 6.45) is 1.04. The number of nitrogens with one attached hydrogen (secondary N) is 1. The topological polar surface area (TPSA) is 21.3 Å². The van der Waals surface area contributed by atoms with Gasteiger partial charge in [0.15, 0.2) is 0 Å². The van der Waals surface area contributed by atoms with Gasteiger partial charge >= 0.3 is 0 Å². The lowest BCUT2D eigenvalue weighted by Crippen LogP contribution is -2.17. The van der Waals surface area contributed by atoms with Crippen LogP contribution >= 0.6 is 11.3 Å². The molecule has 1 atom stereocenters. The van der Waals surface area contributed by atoms with E-state index >= 15 is 0 Å². The maximum atomic E-state index is 5.08. The Kier molecular flexibility index (Phi) is 4.42. The quantitative estimate of drug-likeness (QED) is 0.786. The molecule has 0 spiro atoms. The first-order valence-electron chi connectivity index (χ1n) is 4.49. The normalized spacial score (nSPS) is 13.2. The Morgan fingerprint density at radius 3 is 2.85 bits per heavy atom. The third kappa shape index (κ3) is 2.79. The maximum absolute atomic E-state index is 5.08. The molecule has 2 nitrogen and oxygen atoms in total. The Morgan fingerprint density at radius 1 is 1.62 bits per heavy atom. The second-order valence-corrected chi connectivity index (χ2v) is 4.04. The molecule has 1 aromatic heterocycles. The van der Waals surface area contributed by atoms with Gasteiger partial charge in [0.05, 0.1) is 0 Å². The van der Waals surface area contributed by atoms with Crippen LogP contribution in [0.15, 0.2) is 11.4 Å². The number of rotatable bonds is 5. The second-order valence-electron chi connectivity index (χ2n) is 3.09. The zero-order valence-electron chi connectivity index (χ0n) is 8.46. The van der Waals surface area contributed by atoms with Gasteiger partial charge in [-0.3, -0.25) is 0 Å². The molecule has 13 heavy (non-hydrogen) atoms. The number of methoxy groups -OCH3 is 1. The van der Waals surface area contributed by atoms with Crippen LogP contribution in [0.1, 0.15) is 22.9 Å². The van der Waals surface area contributed by atoms with E-state index in [1.54, 1.807) is 7.11 Å². The van der Waals surface area contributed by atoms with Gasteiger partial charge in [-0.05, 0) is 37.4 Å². The van der Waals surface area contributed by atoms with E-state index in [1.807, 2.05) is 18.4 Å². The predicted octanol–water partition coefficient (Wildman–Crippen LogP) is 2.35. The van der Waals surface area contributed by atoms with E-state index in [9.17, 15) is 0 Å². The molecule has 0 aliphatic rings. The molecule has 0 saturated carbocycles. The molecule has 1 rings (SSSR count). The van der Waals surface area contributed by atoms with Crippen molar-refractivity contribution in [1.29, 1.82) is 0 Å². The fourth-order valence-corrected chi connectivity index (χ4v) is 2.46. The maximum Gasteiger partial charge on any atom is 0.0480 e. The van der Waals surface area contributed by atoms with Crippen LogP contribution in [-0.4, -0.2) is 20.8 Å². The molecule has 74 valence electrons. The standard InChI is InChI=1S/C10H17NOS/c1-8-5-7-13-10(8)9(11-2)4-6-12-3/h5,7,9,11H,4,6H2,1-3H3. The Labute approximate surface area is 83.9 Å². The molecule has 0 radical (unpaired) electrons. The summed E-state index contributed by atoms with van der Waals surface area (Å²) >= 11 is 1.81. The lowest BCUT2D eigenvalue weighted by atomic mass is 10.1. The Bertz CT molecular complexity index is 247. The molecule has 0 bridgehead atoms. The van der Waals surface area contributed by atoms with Crippen molar-refractivity contribution in [1.82, 2.24) is 5.32 Å². The largest absolute Gasteiger partial charge is 0.385 e. The summed E-state index contributed by atoms with van der Waals surface area (Å²) in [6, 6.07) is 2.61. The van der Waals surface area contributed by atoms with E-state index in [4.69, 9.17) is 4.74 Å². The van der Waals surface area contributed by atoms with Crippen LogP contribution in [0.3, 0.4) is 0 Å². The Morgan fingerprint density at radius 2 is 2.38 bits per heavy atom. The van der Waals surface area contributed by atoms with Crippen molar-refractivity contribution in [2.45, 2.75) is 19.4 Å². The van der Waals surface area contributed by atoms with Crippen LogP contribution in [-0.2, 0) is 4.74 Å². The summed E-state index contributed by atoms with van der Waals surface area (Å²) in [5.74, 6) is 0. The van der Waals surface area contributed by atoms with Gasteiger partial charge in [-0.15, -0.1) is 11.3 Å². The highest BCUT2D eigenvalue weighted by atomic mass is 32.1. The highest BCUT2D eigenvalue weighted by Gasteiger charge is 2.12. The molecule has 0 aromatic carbocycles. The molecule has 1 aromatic rings. The summed E-state index contributed by atoms with van der Waals surface area (Å²) < 4.78 is 5.08. The first-order valence-corrected chi connectivity index (χ1v) is 5.37. The summed E-state index contributed by atoms with van der Waals surface area (Å²) in [5, 5.41) is 5.45. The fourth-order valence-electron chi connectivity index (χ4n) is 1.38. The van der Waals surface area contributed by atoms with Gasteiger partial charge in [0.1, 0.15) is 0 Å². The molecule has 0 fully saturated rings. The fraction of sp³-hybridized carbons (Fsp3) is 0.600. The third-order valence-electron chi connectivity index (χ3n) is 2.18. The zero-order chi connectivity index (χ0) is 9.68. The van der Waals surface area contributed by atoms with Crippen molar-refractivity contribution < 1.29 is 4.74 Å². The predicted molar refractivity (Wildman–Crippen MR) is 57.3 cm³/mol. The van der Waals surface area contributed by atoms with Gasteiger partial charge in [-0.1, -0.05) is 0 Å². The number of ether oxygens (including phenoxy) is 1. The van der Waals surface area contributed by atoms with Crippen LogP contribution < -0.4 is 5.32 Å². The van der Waals surface area contributed by atoms with Crippen LogP contribution in [0, 0.1) is 6.92 Å². The molecule has 0 aliphatic carbocycles. The van der Waals surface area contributed by atoms with Crippen molar-refractivity contribution in [3.63, 3.8) is 0 Å². The molecule has 0 aliphatic heterocycles. The van der Waals surface area contributed by atoms with Crippen molar-refractivity contribution in [3.8, 4) is 0 Å². The van der Waals surface area contributed by atoms with Crippen molar-refractivity contribution in [3.05, 3.63) is 21.9 Å². The van der Waals surface area contributed by atoms with Gasteiger partial charge in [-0.25, -0.2) is 0 Å². The average Bonchev–Trinajstić information content (AvgIpc) is 2.54. The van der Waals surface area contributed by atoms with Gasteiger partial charge in [0, 0.05) is 24.6 Å². The van der Waals surface area contributed by atoms with Crippen LogP contribution in [0.25, 0.3) is 0 Å². The van der Waals surface area contributed by atoms with Gasteiger partial charge in [-0.2, -0.15) is 0 Å². The van der Waals surface area contributed by atoms with Gasteiger partial charge < -0.3 is 10.1 Å². The Hall–Kier alpha value is -0.380. The summed E-state index contributed by atoms with van der Waals surface area (Å²) in [5.41, 5.74) is 1.38. The molecule has 0 amide bonds. The first-order chi connectivity index (χ1) is 6.29. The van der Waals surface area contributed by atoms with Crippen molar-refractivity contribution >= 4 is 11.3 Å². The SMILES string of the molecule is CNC(CCOC)c1sccc1C. The van der Waals surface area contributed by atoms with Crippen LogP contribution in [0.5, 0.6) is 0 Å². The number of hydrogen-bond acceptors (Lipinski definition) is 3. The molecule has 0 saturated heterocycles. The highest BCUT2D eigenvalue weighted by molar-refractivity contribution is 7.10. The van der Waals surface area contributed by atoms with Crippen molar-refractivity contribution in [2.24, 2.45) is 0 Å². The third-order valence-corrected chi connectivity index (χ3v) is 3.31. The monoisotopic (exact) mass is 199 g/mol. The van der Waals surface area contributed by atoms with Crippen LogP contribution in [0.2, 0.25) is 0 Å². The van der Waals surface area contributed by atoms with E-state index in [-0.39, 0.29) is 0 Å². The highest BCUT2D eigenvalue weighted by Crippen LogP contribution is 2.25. The van der Waals surface area contributed by atoms with Crippen molar-refractivity contribution in [2.75, 3.05) is 20.8 Å². The summed E-state index contributed by atoms with van der Waals surface area (Å²) in [4.78, 5) is 1.43. The Balaban J connectivity index is 2.61. The number of hydrogen-bond donors (Lipinski definition) is 1. The van der Waals surface area contributed by atoms with E-state index in [0.717, 1.165) is 13.0 Å². The minimum atomic E-state index is 0.444. The van der Waals surface area contributed by atoms with E-state index in [0.29, 0.717) is 6.04 Å². The molecule has 3 heteroatoms. The van der Waals surface area contributed by atoms with Gasteiger partial charge in [0.25, 0.3) is 0 Å². The van der Waals surface area contributed by atoms with Crippen LogP contribution in [0.4, 0.5) is 0 Å². The average molecular weight is 199 g/mol. The van der Waals surface area contributed by atoms with E-state index in [2.05, 4.69) is 23.7 Å². The number of thiophene rings is 1. The second kappa shape index (κ2) is 5.37. The summed E-state index contributed by atoms with van der Waals surface area (Å²) in [7, 11) is 3.74. The molecule has 1 heterocycles. The minimum Gasteiger partial charge on any atom is -0.385 e. The first kappa shape index (κ1) is 10.7. The smallest absolute Gasteiger partial charge is 0.0480 e. The van der Waals surface area contributed by atoms with E-state index < -0.39 is 0 Å². The minimum absolute atomic E-state index is 0.444. The molecule has 1 N–H and O–H groups in total. The zero-order valence-corrected chi connectivity index (χ0v) is 9.28. The summed E-state index contributed by atoms with van der Waals surface area (Å²) in [6.45, 7) is 2.96. The van der Waals surface area contributed by atoms with E-state index in [1.165, 1.54) is 10.4 Å². The lowest BCUT2D eigenvalue weighted by Gasteiger charge is -2.14.